The van der Waals surface area contributed by atoms with E-state index in [4.69, 9.17) is 14.2 Å². The van der Waals surface area contributed by atoms with Gasteiger partial charge in [0.25, 0.3) is 0 Å². The van der Waals surface area contributed by atoms with Crippen LogP contribution in [-0.2, 0) is 17.8 Å². The first-order valence-electron chi connectivity index (χ1n) is 9.29. The maximum atomic E-state index is 12.8. The molecule has 0 aliphatic carbocycles. The SMILES string of the molecule is COc1cc2c(cc1OC)CN(C(=O)/C=C/c1cccc(OC)c1OC(F)F)CC2. The van der Waals surface area contributed by atoms with E-state index in [2.05, 4.69) is 4.74 Å². The lowest BCUT2D eigenvalue weighted by Gasteiger charge is -2.28. The van der Waals surface area contributed by atoms with E-state index in [1.165, 1.54) is 25.3 Å². The Bertz CT molecular complexity index is 945. The van der Waals surface area contributed by atoms with Crippen molar-refractivity contribution in [2.24, 2.45) is 0 Å². The highest BCUT2D eigenvalue weighted by molar-refractivity contribution is 5.92. The molecule has 0 bridgehead atoms. The van der Waals surface area contributed by atoms with Gasteiger partial charge in [-0.05, 0) is 41.8 Å². The highest BCUT2D eigenvalue weighted by Gasteiger charge is 2.22. The van der Waals surface area contributed by atoms with Crippen LogP contribution in [0.5, 0.6) is 23.0 Å². The predicted octanol–water partition coefficient (Wildman–Crippen LogP) is 3.91. The number of amides is 1. The second-order valence-corrected chi connectivity index (χ2v) is 6.58. The van der Waals surface area contributed by atoms with Crippen molar-refractivity contribution in [3.63, 3.8) is 0 Å². The van der Waals surface area contributed by atoms with Gasteiger partial charge in [-0.3, -0.25) is 4.79 Å². The van der Waals surface area contributed by atoms with E-state index >= 15 is 0 Å². The van der Waals surface area contributed by atoms with E-state index < -0.39 is 6.61 Å². The Labute approximate surface area is 173 Å². The number of para-hydroxylation sites is 1. The van der Waals surface area contributed by atoms with Crippen molar-refractivity contribution in [3.05, 3.63) is 53.1 Å². The Morgan fingerprint density at radius 3 is 2.33 bits per heavy atom. The van der Waals surface area contributed by atoms with Crippen molar-refractivity contribution in [2.45, 2.75) is 19.6 Å². The number of nitrogens with zero attached hydrogens (tertiary/aromatic N) is 1. The minimum atomic E-state index is -3.00. The summed E-state index contributed by atoms with van der Waals surface area (Å²) in [6.45, 7) is -2.06. The van der Waals surface area contributed by atoms with Crippen LogP contribution in [0, 0.1) is 0 Å². The lowest BCUT2D eigenvalue weighted by atomic mass is 9.98. The molecule has 0 aromatic heterocycles. The van der Waals surface area contributed by atoms with Crippen LogP contribution >= 0.6 is 0 Å². The third-order valence-corrected chi connectivity index (χ3v) is 4.87. The fourth-order valence-electron chi connectivity index (χ4n) is 3.38. The fourth-order valence-corrected chi connectivity index (χ4v) is 3.38. The number of hydrogen-bond donors (Lipinski definition) is 0. The van der Waals surface area contributed by atoms with Crippen LogP contribution in [0.15, 0.2) is 36.4 Å². The molecule has 160 valence electrons. The van der Waals surface area contributed by atoms with Gasteiger partial charge in [-0.15, -0.1) is 0 Å². The lowest BCUT2D eigenvalue weighted by Crippen LogP contribution is -2.34. The van der Waals surface area contributed by atoms with Crippen molar-refractivity contribution in [1.29, 1.82) is 0 Å². The second-order valence-electron chi connectivity index (χ2n) is 6.58. The second kappa shape index (κ2) is 9.47. The van der Waals surface area contributed by atoms with Crippen LogP contribution in [0.4, 0.5) is 8.78 Å². The molecule has 0 N–H and O–H groups in total. The minimum Gasteiger partial charge on any atom is -0.493 e. The molecule has 0 unspecified atom stereocenters. The number of halogens is 2. The molecule has 2 aromatic carbocycles. The summed E-state index contributed by atoms with van der Waals surface area (Å²) in [6, 6.07) is 8.52. The van der Waals surface area contributed by atoms with Crippen LogP contribution in [0.2, 0.25) is 0 Å². The van der Waals surface area contributed by atoms with Crippen LogP contribution in [0.3, 0.4) is 0 Å². The molecule has 30 heavy (non-hydrogen) atoms. The lowest BCUT2D eigenvalue weighted by molar-refractivity contribution is -0.126. The van der Waals surface area contributed by atoms with E-state index in [1.54, 1.807) is 31.3 Å². The number of carbonyl (C=O) groups excluding carboxylic acids is 1. The fraction of sp³-hybridized carbons (Fsp3) is 0.318. The van der Waals surface area contributed by atoms with Gasteiger partial charge in [0.15, 0.2) is 23.0 Å². The highest BCUT2D eigenvalue weighted by Crippen LogP contribution is 2.34. The summed E-state index contributed by atoms with van der Waals surface area (Å²) in [4.78, 5) is 14.4. The quantitative estimate of drug-likeness (QED) is 0.637. The van der Waals surface area contributed by atoms with Gasteiger partial charge in [0.1, 0.15) is 0 Å². The van der Waals surface area contributed by atoms with Gasteiger partial charge in [-0.25, -0.2) is 0 Å². The summed E-state index contributed by atoms with van der Waals surface area (Å²) in [6.07, 6.45) is 3.47. The van der Waals surface area contributed by atoms with E-state index in [9.17, 15) is 13.6 Å². The van der Waals surface area contributed by atoms with E-state index in [-0.39, 0.29) is 17.4 Å². The largest absolute Gasteiger partial charge is 0.493 e. The van der Waals surface area contributed by atoms with Crippen LogP contribution in [0.1, 0.15) is 16.7 Å². The number of fused-ring (bicyclic) bond motifs is 1. The van der Waals surface area contributed by atoms with Crippen molar-refractivity contribution in [2.75, 3.05) is 27.9 Å². The molecule has 8 heteroatoms. The van der Waals surface area contributed by atoms with Gasteiger partial charge in [-0.2, -0.15) is 8.78 Å². The van der Waals surface area contributed by atoms with Crippen LogP contribution in [-0.4, -0.2) is 45.3 Å². The molecule has 0 spiro atoms. The summed E-state index contributed by atoms with van der Waals surface area (Å²) in [5, 5.41) is 0. The van der Waals surface area contributed by atoms with Crippen LogP contribution < -0.4 is 18.9 Å². The molecule has 0 fully saturated rings. The molecule has 1 amide bonds. The van der Waals surface area contributed by atoms with Crippen molar-refractivity contribution < 1.29 is 32.5 Å². The zero-order valence-corrected chi connectivity index (χ0v) is 17.0. The molecule has 2 aromatic rings. The van der Waals surface area contributed by atoms with Crippen molar-refractivity contribution in [3.8, 4) is 23.0 Å². The maximum absolute atomic E-state index is 12.8. The smallest absolute Gasteiger partial charge is 0.387 e. The third kappa shape index (κ3) is 4.64. The molecule has 0 atom stereocenters. The molecule has 1 aliphatic heterocycles. The third-order valence-electron chi connectivity index (χ3n) is 4.87. The van der Waals surface area contributed by atoms with Gasteiger partial charge >= 0.3 is 6.61 Å². The monoisotopic (exact) mass is 419 g/mol. The van der Waals surface area contributed by atoms with Gasteiger partial charge in [0.05, 0.1) is 21.3 Å². The summed E-state index contributed by atoms with van der Waals surface area (Å²) in [5.41, 5.74) is 2.40. The van der Waals surface area contributed by atoms with E-state index in [1.807, 2.05) is 12.1 Å². The molecule has 0 radical (unpaired) electrons. The van der Waals surface area contributed by atoms with Gasteiger partial charge < -0.3 is 23.8 Å². The standard InChI is InChI=1S/C22H23F2NO5/c1-27-17-6-4-5-14(21(17)30-22(23)24)7-8-20(26)25-10-9-15-11-18(28-2)19(29-3)12-16(15)13-25/h4-8,11-12,22H,9-10,13H2,1-3H3/b8-7+. The Balaban J connectivity index is 1.79. The topological polar surface area (TPSA) is 57.2 Å². The van der Waals surface area contributed by atoms with Gasteiger partial charge in [0.2, 0.25) is 5.91 Å². The first kappa shape index (κ1) is 21.4. The Hall–Kier alpha value is -3.29. The van der Waals surface area contributed by atoms with Crippen molar-refractivity contribution in [1.82, 2.24) is 4.90 Å². The van der Waals surface area contributed by atoms with Crippen LogP contribution in [0.25, 0.3) is 6.08 Å². The molecule has 6 nitrogen and oxygen atoms in total. The van der Waals surface area contributed by atoms with Gasteiger partial charge in [-0.1, -0.05) is 12.1 Å². The molecule has 0 saturated heterocycles. The first-order chi connectivity index (χ1) is 14.5. The zero-order chi connectivity index (χ0) is 21.7. The maximum Gasteiger partial charge on any atom is 0.387 e. The Morgan fingerprint density at radius 2 is 1.70 bits per heavy atom. The van der Waals surface area contributed by atoms with E-state index in [0.29, 0.717) is 36.6 Å². The number of ether oxygens (including phenoxy) is 4. The Kier molecular flexibility index (Phi) is 6.76. The molecular formula is C22H23F2NO5. The zero-order valence-electron chi connectivity index (χ0n) is 17.0. The molecule has 1 heterocycles. The molecule has 0 saturated carbocycles. The first-order valence-corrected chi connectivity index (χ1v) is 9.29. The Morgan fingerprint density at radius 1 is 1.03 bits per heavy atom. The average molecular weight is 419 g/mol. The average Bonchev–Trinajstić information content (AvgIpc) is 2.76. The predicted molar refractivity (Wildman–Crippen MR) is 107 cm³/mol. The summed E-state index contributed by atoms with van der Waals surface area (Å²) < 4.78 is 45.9. The number of hydrogen-bond acceptors (Lipinski definition) is 5. The molecule has 3 rings (SSSR count). The highest BCUT2D eigenvalue weighted by atomic mass is 19.3. The summed E-state index contributed by atoms with van der Waals surface area (Å²) in [7, 11) is 4.50. The summed E-state index contributed by atoms with van der Waals surface area (Å²) >= 11 is 0. The number of carbonyl (C=O) groups is 1. The normalized spacial score (nSPS) is 13.3. The number of alkyl halides is 2. The number of methoxy groups -OCH3 is 3. The summed E-state index contributed by atoms with van der Waals surface area (Å²) in [5.74, 6) is 1.07. The molecular weight excluding hydrogens is 396 g/mol. The van der Waals surface area contributed by atoms with Gasteiger partial charge in [0, 0.05) is 24.7 Å². The minimum absolute atomic E-state index is 0.111. The number of rotatable bonds is 7. The molecule has 1 aliphatic rings. The van der Waals surface area contributed by atoms with E-state index in [0.717, 1.165) is 11.1 Å². The number of benzene rings is 2. The van der Waals surface area contributed by atoms with Crippen molar-refractivity contribution >= 4 is 12.0 Å².